The van der Waals surface area contributed by atoms with E-state index in [-0.39, 0.29) is 5.91 Å². The molecule has 0 radical (unpaired) electrons. The quantitative estimate of drug-likeness (QED) is 0.656. The molecule has 1 N–H and O–H groups in total. The van der Waals surface area contributed by atoms with Crippen LogP contribution in [0, 0.1) is 18.6 Å². The van der Waals surface area contributed by atoms with E-state index in [1.165, 1.54) is 27.4 Å². The van der Waals surface area contributed by atoms with Crippen LogP contribution in [0.15, 0.2) is 35.7 Å². The van der Waals surface area contributed by atoms with Gasteiger partial charge in [0.15, 0.2) is 6.67 Å². The van der Waals surface area contributed by atoms with Crippen molar-refractivity contribution < 1.29 is 9.69 Å². The minimum Gasteiger partial charge on any atom is -0.327 e. The summed E-state index contributed by atoms with van der Waals surface area (Å²) in [5.41, 5.74) is 3.37. The van der Waals surface area contributed by atoms with Crippen molar-refractivity contribution >= 4 is 29.5 Å². The van der Waals surface area contributed by atoms with Gasteiger partial charge in [-0.05, 0) is 71.2 Å². The van der Waals surface area contributed by atoms with Crippen molar-refractivity contribution in [1.29, 1.82) is 0 Å². The van der Waals surface area contributed by atoms with Crippen LogP contribution >= 0.6 is 23.6 Å². The Hall–Kier alpha value is -2.36. The number of nitrogens with one attached hydrogen (secondary N) is 1. The van der Waals surface area contributed by atoms with Gasteiger partial charge in [-0.15, -0.1) is 11.3 Å². The van der Waals surface area contributed by atoms with E-state index in [1.54, 1.807) is 9.36 Å². The Morgan fingerprint density at radius 1 is 1.18 bits per heavy atom. The third kappa shape index (κ3) is 3.78. The summed E-state index contributed by atoms with van der Waals surface area (Å²) in [5, 5.41) is 10.4. The third-order valence-corrected chi connectivity index (χ3v) is 6.48. The van der Waals surface area contributed by atoms with Crippen LogP contribution < -0.4 is 4.90 Å². The average Bonchev–Trinajstić information content (AvgIpc) is 3.35. The molecule has 1 amide bonds. The van der Waals surface area contributed by atoms with Crippen LogP contribution in [0.1, 0.15) is 20.8 Å². The molecule has 0 spiro atoms. The molecule has 0 atom stereocenters. The monoisotopic (exact) mass is 415 g/mol. The minimum atomic E-state index is 0.131. The fourth-order valence-corrected chi connectivity index (χ4v) is 4.28. The fraction of sp³-hybridized carbons (Fsp3) is 0.368. The lowest BCUT2D eigenvalue weighted by Gasteiger charge is -2.31. The van der Waals surface area contributed by atoms with Gasteiger partial charge in [-0.25, -0.2) is 0 Å². The normalized spacial score (nSPS) is 15.1. The highest BCUT2D eigenvalue weighted by atomic mass is 32.1. The van der Waals surface area contributed by atoms with E-state index in [1.807, 2.05) is 28.5 Å². The molecule has 1 saturated heterocycles. The van der Waals surface area contributed by atoms with E-state index in [0.717, 1.165) is 36.7 Å². The van der Waals surface area contributed by atoms with Crippen molar-refractivity contribution in [3.8, 4) is 5.69 Å². The van der Waals surface area contributed by atoms with Crippen molar-refractivity contribution in [3.63, 3.8) is 0 Å². The predicted molar refractivity (Wildman–Crippen MR) is 111 cm³/mol. The molecule has 4 rings (SSSR count). The zero-order chi connectivity index (χ0) is 19.7. The number of aromatic nitrogens is 4. The highest BCUT2D eigenvalue weighted by Gasteiger charge is 2.25. The second-order valence-electron chi connectivity index (χ2n) is 7.12. The molecule has 0 saturated carbocycles. The summed E-state index contributed by atoms with van der Waals surface area (Å²) >= 11 is 7.09. The van der Waals surface area contributed by atoms with Crippen LogP contribution in [0.2, 0.25) is 0 Å². The Bertz CT molecular complexity index is 1030. The topological polar surface area (TPSA) is 60.4 Å². The van der Waals surface area contributed by atoms with Gasteiger partial charge >= 0.3 is 0 Å². The summed E-state index contributed by atoms with van der Waals surface area (Å²) in [6.45, 7) is 8.04. The third-order valence-electron chi connectivity index (χ3n) is 5.24. The van der Waals surface area contributed by atoms with Crippen LogP contribution in [-0.2, 0) is 6.67 Å². The first-order valence-electron chi connectivity index (χ1n) is 9.30. The van der Waals surface area contributed by atoms with Gasteiger partial charge in [0, 0.05) is 0 Å². The Morgan fingerprint density at radius 3 is 2.64 bits per heavy atom. The molecule has 0 bridgehead atoms. The first-order valence-corrected chi connectivity index (χ1v) is 10.6. The van der Waals surface area contributed by atoms with E-state index in [2.05, 4.69) is 36.4 Å². The molecule has 146 valence electrons. The summed E-state index contributed by atoms with van der Waals surface area (Å²) in [6, 6.07) is 9.96. The molecule has 1 fully saturated rings. The molecular weight excluding hydrogens is 392 g/mol. The number of hydrogen-bond donors (Lipinski definition) is 1. The van der Waals surface area contributed by atoms with Gasteiger partial charge in [0.25, 0.3) is 5.91 Å². The number of carbonyl (C=O) groups excluding carboxylic acids is 1. The Balaban J connectivity index is 1.41. The first kappa shape index (κ1) is 19.0. The first-order chi connectivity index (χ1) is 13.5. The van der Waals surface area contributed by atoms with Gasteiger partial charge in [-0.3, -0.25) is 4.79 Å². The van der Waals surface area contributed by atoms with Crippen LogP contribution in [-0.4, -0.2) is 56.8 Å². The lowest BCUT2D eigenvalue weighted by Crippen LogP contribution is -3.14. The molecule has 1 aliphatic heterocycles. The molecular formula is C19H23N6OS2+. The second-order valence-corrected chi connectivity index (χ2v) is 8.43. The lowest BCUT2D eigenvalue weighted by atomic mass is 10.1. The number of piperazine rings is 1. The number of amides is 1. The van der Waals surface area contributed by atoms with Gasteiger partial charge in [0.1, 0.15) is 0 Å². The predicted octanol–water partition coefficient (Wildman–Crippen LogP) is 1.48. The molecule has 3 heterocycles. The molecule has 0 aliphatic carbocycles. The van der Waals surface area contributed by atoms with Crippen molar-refractivity contribution in [3.05, 3.63) is 56.5 Å². The van der Waals surface area contributed by atoms with E-state index >= 15 is 0 Å². The van der Waals surface area contributed by atoms with Crippen LogP contribution in [0.25, 0.3) is 5.69 Å². The number of tetrazole rings is 1. The maximum atomic E-state index is 12.5. The number of nitrogens with zero attached hydrogens (tertiary/aromatic N) is 5. The van der Waals surface area contributed by atoms with E-state index in [0.29, 0.717) is 11.4 Å². The Kier molecular flexibility index (Phi) is 5.38. The zero-order valence-corrected chi connectivity index (χ0v) is 17.6. The lowest BCUT2D eigenvalue weighted by molar-refractivity contribution is -0.927. The molecule has 2 aromatic heterocycles. The maximum Gasteiger partial charge on any atom is 0.264 e. The molecule has 3 aromatic rings. The number of aryl methyl sites for hydroxylation is 2. The number of carbonyl (C=O) groups is 1. The molecule has 1 aliphatic rings. The Morgan fingerprint density at radius 2 is 1.96 bits per heavy atom. The number of hydrogen-bond acceptors (Lipinski definition) is 5. The maximum absolute atomic E-state index is 12.5. The zero-order valence-electron chi connectivity index (χ0n) is 16.0. The molecule has 9 heteroatoms. The van der Waals surface area contributed by atoms with E-state index < -0.39 is 0 Å². The Labute approximate surface area is 172 Å². The number of thiophene rings is 1. The number of rotatable bonds is 4. The van der Waals surface area contributed by atoms with Gasteiger partial charge in [-0.2, -0.15) is 9.36 Å². The van der Waals surface area contributed by atoms with Crippen LogP contribution in [0.4, 0.5) is 0 Å². The molecule has 28 heavy (non-hydrogen) atoms. The highest BCUT2D eigenvalue weighted by molar-refractivity contribution is 7.71. The summed E-state index contributed by atoms with van der Waals surface area (Å²) in [5.74, 6) is 0.131. The van der Waals surface area contributed by atoms with E-state index in [4.69, 9.17) is 12.2 Å². The molecule has 1 aromatic carbocycles. The van der Waals surface area contributed by atoms with Crippen LogP contribution in [0.5, 0.6) is 0 Å². The second kappa shape index (κ2) is 7.94. The SMILES string of the molecule is Cc1ccc(-n2nnn(C[NH+]3CCN(C(=O)c4cccs4)CC3)c2=S)cc1C. The smallest absolute Gasteiger partial charge is 0.264 e. The van der Waals surface area contributed by atoms with Gasteiger partial charge in [-0.1, -0.05) is 12.1 Å². The summed E-state index contributed by atoms with van der Waals surface area (Å²) in [6.07, 6.45) is 0. The number of benzene rings is 1. The molecule has 0 unspecified atom stereocenters. The van der Waals surface area contributed by atoms with Gasteiger partial charge in [0.05, 0.1) is 36.7 Å². The van der Waals surface area contributed by atoms with Gasteiger partial charge in [0.2, 0.25) is 4.77 Å². The van der Waals surface area contributed by atoms with Crippen molar-refractivity contribution in [2.45, 2.75) is 20.5 Å². The van der Waals surface area contributed by atoms with Crippen molar-refractivity contribution in [2.24, 2.45) is 0 Å². The van der Waals surface area contributed by atoms with E-state index in [9.17, 15) is 4.79 Å². The highest BCUT2D eigenvalue weighted by Crippen LogP contribution is 2.14. The molecule has 7 nitrogen and oxygen atoms in total. The average molecular weight is 416 g/mol. The van der Waals surface area contributed by atoms with Gasteiger partial charge < -0.3 is 9.80 Å². The summed E-state index contributed by atoms with van der Waals surface area (Å²) in [4.78, 5) is 16.6. The standard InChI is InChI=1S/C19H22N6OS2/c1-14-5-6-16(12-15(14)2)25-19(27)24(20-21-25)13-22-7-9-23(10-8-22)18(26)17-4-3-11-28-17/h3-6,11-12H,7-10,13H2,1-2H3/p+1. The summed E-state index contributed by atoms with van der Waals surface area (Å²) in [7, 11) is 0. The largest absolute Gasteiger partial charge is 0.327 e. The van der Waals surface area contributed by atoms with Crippen molar-refractivity contribution in [1.82, 2.24) is 24.7 Å². The van der Waals surface area contributed by atoms with Crippen molar-refractivity contribution in [2.75, 3.05) is 26.2 Å². The minimum absolute atomic E-state index is 0.131. The summed E-state index contributed by atoms with van der Waals surface area (Å²) < 4.78 is 4.07. The van der Waals surface area contributed by atoms with Crippen LogP contribution in [0.3, 0.4) is 0 Å². The number of quaternary nitrogens is 1. The fourth-order valence-electron chi connectivity index (χ4n) is 3.34.